The lowest BCUT2D eigenvalue weighted by Gasteiger charge is -2.32. The highest BCUT2D eigenvalue weighted by Crippen LogP contribution is 2.18. The number of carbonyl (C=O) groups excluding carboxylic acids is 1. The molecule has 0 unspecified atom stereocenters. The highest BCUT2D eigenvalue weighted by atomic mass is 16.6. The number of nitrogens with zero attached hydrogens (tertiary/aromatic N) is 3. The van der Waals surface area contributed by atoms with Gasteiger partial charge in [-0.1, -0.05) is 31.2 Å². The van der Waals surface area contributed by atoms with Crippen LogP contribution in [0.5, 0.6) is 0 Å². The Morgan fingerprint density at radius 3 is 2.31 bits per heavy atom. The van der Waals surface area contributed by atoms with Crippen molar-refractivity contribution in [2.24, 2.45) is 10.9 Å². The van der Waals surface area contributed by atoms with Crippen molar-refractivity contribution in [2.75, 3.05) is 39.3 Å². The first-order chi connectivity index (χ1) is 15.6. The standard InChI is InChI=1S/C25H41N5O2/c1-4-26-24(28-23-12-16-30(17-13-23)25(31)32-5-2)27-18-21-6-8-22(9-7-21)19-29-14-10-20(3)11-15-29/h6-9,20,23H,4-5,10-19H2,1-3H3,(H2,26,27,28). The molecule has 2 N–H and O–H groups in total. The van der Waals surface area contributed by atoms with Gasteiger partial charge in [0, 0.05) is 32.2 Å². The molecule has 0 aromatic heterocycles. The Morgan fingerprint density at radius 1 is 1.03 bits per heavy atom. The number of piperidine rings is 2. The second-order valence-electron chi connectivity index (χ2n) is 9.07. The van der Waals surface area contributed by atoms with Crippen LogP contribution in [0.15, 0.2) is 29.3 Å². The van der Waals surface area contributed by atoms with Gasteiger partial charge < -0.3 is 20.3 Å². The number of nitrogens with one attached hydrogen (secondary N) is 2. The number of aliphatic imine (C=N–C) groups is 1. The largest absolute Gasteiger partial charge is 0.450 e. The van der Waals surface area contributed by atoms with E-state index in [-0.39, 0.29) is 6.09 Å². The smallest absolute Gasteiger partial charge is 0.409 e. The second kappa shape index (κ2) is 12.7. The average molecular weight is 444 g/mol. The molecule has 1 amide bonds. The lowest BCUT2D eigenvalue weighted by molar-refractivity contribution is 0.0963. The SMILES string of the molecule is CCNC(=NCc1ccc(CN2CCC(C)CC2)cc1)NC1CCN(C(=O)OCC)CC1. The van der Waals surface area contributed by atoms with Gasteiger partial charge in [0.15, 0.2) is 5.96 Å². The molecule has 3 rings (SSSR count). The molecule has 0 spiro atoms. The van der Waals surface area contributed by atoms with E-state index in [1.54, 1.807) is 4.90 Å². The lowest BCUT2D eigenvalue weighted by atomic mass is 9.99. The summed E-state index contributed by atoms with van der Waals surface area (Å²) in [6.07, 6.45) is 4.22. The molecule has 7 nitrogen and oxygen atoms in total. The van der Waals surface area contributed by atoms with E-state index < -0.39 is 0 Å². The Bertz CT molecular complexity index is 720. The number of amides is 1. The van der Waals surface area contributed by atoms with Crippen molar-refractivity contribution >= 4 is 12.1 Å². The minimum absolute atomic E-state index is 0.204. The molecule has 2 heterocycles. The summed E-state index contributed by atoms with van der Waals surface area (Å²) in [5, 5.41) is 6.89. The second-order valence-corrected chi connectivity index (χ2v) is 9.07. The fourth-order valence-corrected chi connectivity index (χ4v) is 4.33. The zero-order valence-electron chi connectivity index (χ0n) is 20.1. The molecule has 32 heavy (non-hydrogen) atoms. The van der Waals surface area contributed by atoms with Gasteiger partial charge in [-0.15, -0.1) is 0 Å². The van der Waals surface area contributed by atoms with Gasteiger partial charge in [0.1, 0.15) is 0 Å². The summed E-state index contributed by atoms with van der Waals surface area (Å²) in [7, 11) is 0. The van der Waals surface area contributed by atoms with Gasteiger partial charge >= 0.3 is 6.09 Å². The molecule has 0 aliphatic carbocycles. The monoisotopic (exact) mass is 443 g/mol. The molecule has 7 heteroatoms. The topological polar surface area (TPSA) is 69.2 Å². The van der Waals surface area contributed by atoms with Crippen LogP contribution in [0, 0.1) is 5.92 Å². The van der Waals surface area contributed by atoms with Crippen LogP contribution in [0.1, 0.15) is 57.6 Å². The molecule has 2 saturated heterocycles. The first-order valence-electron chi connectivity index (χ1n) is 12.3. The van der Waals surface area contributed by atoms with Crippen molar-refractivity contribution in [1.82, 2.24) is 20.4 Å². The number of hydrogen-bond acceptors (Lipinski definition) is 4. The summed E-state index contributed by atoms with van der Waals surface area (Å²) in [6.45, 7) is 13.1. The number of guanidine groups is 1. The molecule has 0 radical (unpaired) electrons. The van der Waals surface area contributed by atoms with Gasteiger partial charge in [-0.25, -0.2) is 9.79 Å². The fraction of sp³-hybridized carbons (Fsp3) is 0.680. The van der Waals surface area contributed by atoms with Gasteiger partial charge in [0.25, 0.3) is 0 Å². The van der Waals surface area contributed by atoms with E-state index in [0.717, 1.165) is 37.8 Å². The van der Waals surface area contributed by atoms with E-state index in [0.29, 0.717) is 32.3 Å². The van der Waals surface area contributed by atoms with E-state index in [9.17, 15) is 4.79 Å². The van der Waals surface area contributed by atoms with Crippen LogP contribution in [-0.4, -0.2) is 67.2 Å². The summed E-state index contributed by atoms with van der Waals surface area (Å²) in [5.41, 5.74) is 2.60. The van der Waals surface area contributed by atoms with Gasteiger partial charge in [-0.3, -0.25) is 4.90 Å². The molecule has 0 saturated carbocycles. The average Bonchev–Trinajstić information content (AvgIpc) is 2.81. The Balaban J connectivity index is 1.47. The van der Waals surface area contributed by atoms with Crippen LogP contribution in [-0.2, 0) is 17.8 Å². The van der Waals surface area contributed by atoms with Crippen LogP contribution in [0.4, 0.5) is 4.79 Å². The highest BCUT2D eigenvalue weighted by Gasteiger charge is 2.24. The Hall–Kier alpha value is -2.28. The van der Waals surface area contributed by atoms with E-state index in [1.807, 2.05) is 6.92 Å². The third-order valence-electron chi connectivity index (χ3n) is 6.43. The number of carbonyl (C=O) groups is 1. The molecule has 178 valence electrons. The van der Waals surface area contributed by atoms with Crippen molar-refractivity contribution in [3.63, 3.8) is 0 Å². The van der Waals surface area contributed by atoms with Crippen molar-refractivity contribution in [3.8, 4) is 0 Å². The summed E-state index contributed by atoms with van der Waals surface area (Å²) in [6, 6.07) is 9.20. The summed E-state index contributed by atoms with van der Waals surface area (Å²) in [5.74, 6) is 1.71. The number of hydrogen-bond donors (Lipinski definition) is 2. The lowest BCUT2D eigenvalue weighted by Crippen LogP contribution is -2.49. The van der Waals surface area contributed by atoms with Crippen LogP contribution >= 0.6 is 0 Å². The zero-order valence-corrected chi connectivity index (χ0v) is 20.1. The van der Waals surface area contributed by atoms with Gasteiger partial charge in [0.05, 0.1) is 13.2 Å². The van der Waals surface area contributed by atoms with Crippen LogP contribution in [0.3, 0.4) is 0 Å². The van der Waals surface area contributed by atoms with Crippen molar-refractivity contribution in [1.29, 1.82) is 0 Å². The van der Waals surface area contributed by atoms with Gasteiger partial charge in [0.2, 0.25) is 0 Å². The summed E-state index contributed by atoms with van der Waals surface area (Å²) >= 11 is 0. The van der Waals surface area contributed by atoms with Crippen molar-refractivity contribution in [2.45, 2.75) is 65.6 Å². The summed E-state index contributed by atoms with van der Waals surface area (Å²) in [4.78, 5) is 21.0. The van der Waals surface area contributed by atoms with E-state index in [1.165, 1.54) is 37.1 Å². The van der Waals surface area contributed by atoms with Gasteiger partial charge in [-0.2, -0.15) is 0 Å². The zero-order chi connectivity index (χ0) is 22.8. The molecule has 2 aliphatic heterocycles. The predicted molar refractivity (Wildman–Crippen MR) is 130 cm³/mol. The minimum atomic E-state index is -0.204. The fourth-order valence-electron chi connectivity index (χ4n) is 4.33. The third kappa shape index (κ3) is 7.69. The maximum atomic E-state index is 11.9. The maximum absolute atomic E-state index is 11.9. The molecular weight excluding hydrogens is 402 g/mol. The quantitative estimate of drug-likeness (QED) is 0.498. The molecule has 1 aromatic carbocycles. The van der Waals surface area contributed by atoms with Crippen LogP contribution in [0.2, 0.25) is 0 Å². The van der Waals surface area contributed by atoms with E-state index in [4.69, 9.17) is 9.73 Å². The molecule has 0 atom stereocenters. The molecule has 0 bridgehead atoms. The number of likely N-dealkylation sites (tertiary alicyclic amines) is 2. The van der Waals surface area contributed by atoms with Gasteiger partial charge in [-0.05, 0) is 69.7 Å². The van der Waals surface area contributed by atoms with Crippen LogP contribution < -0.4 is 10.6 Å². The Labute approximate surface area is 193 Å². The van der Waals surface area contributed by atoms with E-state index >= 15 is 0 Å². The predicted octanol–water partition coefficient (Wildman–Crippen LogP) is 3.59. The minimum Gasteiger partial charge on any atom is -0.450 e. The Kier molecular flexibility index (Phi) is 9.65. The Morgan fingerprint density at radius 2 is 1.69 bits per heavy atom. The first-order valence-corrected chi connectivity index (χ1v) is 12.3. The normalized spacial score (nSPS) is 19.1. The maximum Gasteiger partial charge on any atom is 0.409 e. The number of rotatable bonds is 7. The molecule has 2 aliphatic rings. The first kappa shape index (κ1) is 24.4. The molecule has 2 fully saturated rings. The molecular formula is C25H41N5O2. The van der Waals surface area contributed by atoms with E-state index in [2.05, 4.69) is 53.6 Å². The summed E-state index contributed by atoms with van der Waals surface area (Å²) < 4.78 is 5.11. The number of ether oxygens (including phenoxy) is 1. The molecule has 1 aromatic rings. The van der Waals surface area contributed by atoms with Crippen molar-refractivity contribution < 1.29 is 9.53 Å². The highest BCUT2D eigenvalue weighted by molar-refractivity contribution is 5.80. The van der Waals surface area contributed by atoms with Crippen LogP contribution in [0.25, 0.3) is 0 Å². The third-order valence-corrected chi connectivity index (χ3v) is 6.43. The number of benzene rings is 1. The van der Waals surface area contributed by atoms with Crippen molar-refractivity contribution in [3.05, 3.63) is 35.4 Å².